The van der Waals surface area contributed by atoms with E-state index < -0.39 is 11.8 Å². The quantitative estimate of drug-likeness (QED) is 0.714. The Hall–Kier alpha value is -2.58. The summed E-state index contributed by atoms with van der Waals surface area (Å²) in [4.78, 5) is 32.9. The van der Waals surface area contributed by atoms with Crippen LogP contribution >= 0.6 is 12.4 Å². The molecular weight excluding hydrogens is 373 g/mol. The molecule has 2 amide bonds. The van der Waals surface area contributed by atoms with Gasteiger partial charge in [0.25, 0.3) is 11.8 Å². The molecule has 3 N–H and O–H groups in total. The second kappa shape index (κ2) is 9.94. The second-order valence-corrected chi connectivity index (χ2v) is 6.08. The van der Waals surface area contributed by atoms with E-state index in [1.165, 1.54) is 24.5 Å². The van der Waals surface area contributed by atoms with Crippen LogP contribution in [0.4, 0.5) is 4.39 Å². The van der Waals surface area contributed by atoms with Crippen molar-refractivity contribution in [2.45, 2.75) is 25.4 Å². The molecule has 1 aliphatic rings. The lowest BCUT2D eigenvalue weighted by Gasteiger charge is -2.23. The number of rotatable bonds is 5. The summed E-state index contributed by atoms with van der Waals surface area (Å²) in [6, 6.07) is 5.81. The van der Waals surface area contributed by atoms with Crippen LogP contribution in [-0.4, -0.2) is 40.9 Å². The Morgan fingerprint density at radius 2 is 1.78 bits per heavy atom. The van der Waals surface area contributed by atoms with Crippen LogP contribution in [0.3, 0.4) is 0 Å². The summed E-state index contributed by atoms with van der Waals surface area (Å²) in [5, 5.41) is 8.78. The molecule has 7 nitrogen and oxygen atoms in total. The molecule has 1 saturated heterocycles. The van der Waals surface area contributed by atoms with Crippen molar-refractivity contribution < 1.29 is 14.0 Å². The van der Waals surface area contributed by atoms with Gasteiger partial charge in [-0.25, -0.2) is 14.4 Å². The number of hydrogen-bond donors (Lipinski definition) is 3. The van der Waals surface area contributed by atoms with Gasteiger partial charge < -0.3 is 16.0 Å². The Kier molecular flexibility index (Phi) is 7.63. The maximum Gasteiger partial charge on any atom is 0.272 e. The monoisotopic (exact) mass is 393 g/mol. The molecule has 1 aromatic heterocycles. The van der Waals surface area contributed by atoms with Crippen molar-refractivity contribution in [3.63, 3.8) is 0 Å². The van der Waals surface area contributed by atoms with Crippen molar-refractivity contribution in [2.75, 3.05) is 13.1 Å². The Labute approximate surface area is 162 Å². The summed E-state index contributed by atoms with van der Waals surface area (Å²) in [7, 11) is 0. The molecule has 1 aliphatic heterocycles. The zero-order chi connectivity index (χ0) is 18.4. The lowest BCUT2D eigenvalue weighted by atomic mass is 10.1. The van der Waals surface area contributed by atoms with E-state index in [0.717, 1.165) is 24.9 Å². The molecule has 0 aliphatic carbocycles. The fourth-order valence-electron chi connectivity index (χ4n) is 2.77. The minimum Gasteiger partial charge on any atom is -0.347 e. The zero-order valence-corrected chi connectivity index (χ0v) is 15.4. The minimum absolute atomic E-state index is 0. The Morgan fingerprint density at radius 1 is 1.11 bits per heavy atom. The van der Waals surface area contributed by atoms with Crippen molar-refractivity contribution in [1.82, 2.24) is 25.9 Å². The Morgan fingerprint density at radius 3 is 2.41 bits per heavy atom. The molecule has 3 rings (SSSR count). The number of carbonyl (C=O) groups excluding carboxylic acids is 2. The largest absolute Gasteiger partial charge is 0.347 e. The summed E-state index contributed by atoms with van der Waals surface area (Å²) in [6.45, 7) is 1.83. The molecule has 1 aromatic carbocycles. The molecule has 2 heterocycles. The summed E-state index contributed by atoms with van der Waals surface area (Å²) in [6.07, 6.45) is 4.61. The first-order chi connectivity index (χ1) is 12.6. The highest BCUT2D eigenvalue weighted by Gasteiger charge is 2.23. The predicted octanol–water partition coefficient (Wildman–Crippen LogP) is 1.45. The third-order valence-electron chi connectivity index (χ3n) is 4.13. The van der Waals surface area contributed by atoms with Crippen molar-refractivity contribution in [2.24, 2.45) is 0 Å². The smallest absolute Gasteiger partial charge is 0.272 e. The number of amides is 2. The number of piperidine rings is 1. The molecule has 1 atom stereocenters. The van der Waals surface area contributed by atoms with E-state index in [-0.39, 0.29) is 42.2 Å². The Balaban J connectivity index is 0.00000261. The van der Waals surface area contributed by atoms with Gasteiger partial charge in [-0.1, -0.05) is 12.1 Å². The molecule has 1 unspecified atom stereocenters. The first kappa shape index (κ1) is 20.7. The molecule has 144 valence electrons. The molecule has 27 heavy (non-hydrogen) atoms. The maximum atomic E-state index is 12.9. The third kappa shape index (κ3) is 5.70. The predicted molar refractivity (Wildman–Crippen MR) is 100 cm³/mol. The van der Waals surface area contributed by atoms with Crippen LogP contribution in [0.25, 0.3) is 0 Å². The lowest BCUT2D eigenvalue weighted by molar-refractivity contribution is 0.0896. The van der Waals surface area contributed by atoms with Crippen molar-refractivity contribution in [1.29, 1.82) is 0 Å². The molecular formula is C18H21ClFN5O2. The number of benzene rings is 1. The second-order valence-electron chi connectivity index (χ2n) is 6.08. The highest BCUT2D eigenvalue weighted by atomic mass is 35.5. The van der Waals surface area contributed by atoms with Crippen LogP contribution in [0.2, 0.25) is 0 Å². The zero-order valence-electron chi connectivity index (χ0n) is 14.6. The highest BCUT2D eigenvalue weighted by Crippen LogP contribution is 2.07. The number of nitrogens with zero attached hydrogens (tertiary/aromatic N) is 2. The van der Waals surface area contributed by atoms with E-state index in [1.807, 2.05) is 0 Å². The first-order valence-corrected chi connectivity index (χ1v) is 8.48. The number of nitrogens with one attached hydrogen (secondary N) is 3. The maximum absolute atomic E-state index is 12.9. The highest BCUT2D eigenvalue weighted by molar-refractivity contribution is 6.04. The number of hydrogen-bond acceptors (Lipinski definition) is 5. The number of aromatic nitrogens is 2. The minimum atomic E-state index is -0.505. The van der Waals surface area contributed by atoms with Crippen LogP contribution in [0.5, 0.6) is 0 Å². The average Bonchev–Trinajstić information content (AvgIpc) is 2.68. The van der Waals surface area contributed by atoms with Gasteiger partial charge in [0.15, 0.2) is 11.4 Å². The van der Waals surface area contributed by atoms with Crippen molar-refractivity contribution in [3.8, 4) is 0 Å². The van der Waals surface area contributed by atoms with Gasteiger partial charge in [-0.15, -0.1) is 12.4 Å². The van der Waals surface area contributed by atoms with Crippen molar-refractivity contribution in [3.05, 3.63) is 59.4 Å². The topological polar surface area (TPSA) is 96.0 Å². The molecule has 0 saturated carbocycles. The van der Waals surface area contributed by atoms with Crippen molar-refractivity contribution >= 4 is 24.2 Å². The lowest BCUT2D eigenvalue weighted by Crippen LogP contribution is -2.46. The van der Waals surface area contributed by atoms with E-state index >= 15 is 0 Å². The molecule has 0 bridgehead atoms. The van der Waals surface area contributed by atoms with Gasteiger partial charge in [-0.05, 0) is 37.1 Å². The molecule has 1 fully saturated rings. The van der Waals surface area contributed by atoms with Gasteiger partial charge in [0, 0.05) is 31.5 Å². The van der Waals surface area contributed by atoms with Crippen LogP contribution in [0.15, 0.2) is 36.7 Å². The SMILES string of the molecule is Cl.O=C(NCc1ccc(F)cc1)c1nccnc1C(=O)NC1CCCNC1. The van der Waals surface area contributed by atoms with Gasteiger partial charge in [-0.2, -0.15) is 0 Å². The van der Waals surface area contributed by atoms with Crippen LogP contribution < -0.4 is 16.0 Å². The van der Waals surface area contributed by atoms with E-state index in [1.54, 1.807) is 12.1 Å². The summed E-state index contributed by atoms with van der Waals surface area (Å²) in [5.74, 6) is -1.27. The van der Waals surface area contributed by atoms with Gasteiger partial charge in [0.2, 0.25) is 0 Å². The first-order valence-electron chi connectivity index (χ1n) is 8.48. The summed E-state index contributed by atoms with van der Waals surface area (Å²) < 4.78 is 12.9. The molecule has 0 radical (unpaired) electrons. The average molecular weight is 394 g/mol. The van der Waals surface area contributed by atoms with E-state index in [0.29, 0.717) is 6.54 Å². The van der Waals surface area contributed by atoms with E-state index in [9.17, 15) is 14.0 Å². The fourth-order valence-corrected chi connectivity index (χ4v) is 2.77. The van der Waals surface area contributed by atoms with Gasteiger partial charge >= 0.3 is 0 Å². The number of halogens is 2. The standard InChI is InChI=1S/C18H20FN5O2.ClH/c19-13-5-3-12(4-6-13)10-23-17(25)15-16(22-9-8-21-15)18(26)24-14-2-1-7-20-11-14;/h3-6,8-9,14,20H,1-2,7,10-11H2,(H,23,25)(H,24,26);1H. The van der Waals surface area contributed by atoms with E-state index in [4.69, 9.17) is 0 Å². The number of carbonyl (C=O) groups is 2. The third-order valence-corrected chi connectivity index (χ3v) is 4.13. The van der Waals surface area contributed by atoms with E-state index in [2.05, 4.69) is 25.9 Å². The molecule has 9 heteroatoms. The van der Waals surface area contributed by atoms with Gasteiger partial charge in [0.05, 0.1) is 0 Å². The summed E-state index contributed by atoms with van der Waals surface area (Å²) >= 11 is 0. The summed E-state index contributed by atoms with van der Waals surface area (Å²) in [5.41, 5.74) is 0.702. The van der Waals surface area contributed by atoms with Gasteiger partial charge in [0.1, 0.15) is 5.82 Å². The fraction of sp³-hybridized carbons (Fsp3) is 0.333. The Bertz CT molecular complexity index is 782. The van der Waals surface area contributed by atoms with Crippen LogP contribution in [0.1, 0.15) is 39.4 Å². The van der Waals surface area contributed by atoms with Gasteiger partial charge in [-0.3, -0.25) is 9.59 Å². The van der Waals surface area contributed by atoms with Crippen LogP contribution in [-0.2, 0) is 6.54 Å². The molecule has 0 spiro atoms. The molecule has 2 aromatic rings. The van der Waals surface area contributed by atoms with Crippen LogP contribution in [0, 0.1) is 5.82 Å². The normalized spacial score (nSPS) is 16.1.